The average molecular weight is 239 g/mol. The van der Waals surface area contributed by atoms with Crippen molar-refractivity contribution < 1.29 is 4.79 Å². The molecule has 3 nitrogen and oxygen atoms in total. The fourth-order valence-corrected chi connectivity index (χ4v) is 2.33. The molecule has 1 saturated carbocycles. The second-order valence-corrected chi connectivity index (χ2v) is 4.66. The Bertz CT molecular complexity index is 355. The summed E-state index contributed by atoms with van der Waals surface area (Å²) in [4.78, 5) is 15.8. The topological polar surface area (TPSA) is 42.0 Å². The van der Waals surface area contributed by atoms with Gasteiger partial charge in [-0.25, -0.2) is 0 Å². The van der Waals surface area contributed by atoms with Crippen molar-refractivity contribution in [3.63, 3.8) is 0 Å². The predicted octanol–water partition coefficient (Wildman–Crippen LogP) is 2.36. The number of nitrogens with zero attached hydrogens (tertiary/aromatic N) is 1. The Morgan fingerprint density at radius 2 is 2.19 bits per heavy atom. The first-order valence-corrected chi connectivity index (χ1v) is 6.07. The number of alkyl halides is 1. The van der Waals surface area contributed by atoms with Crippen molar-refractivity contribution in [2.24, 2.45) is 0 Å². The van der Waals surface area contributed by atoms with Crippen molar-refractivity contribution in [3.8, 4) is 0 Å². The number of rotatable bonds is 2. The summed E-state index contributed by atoms with van der Waals surface area (Å²) in [7, 11) is 0. The molecule has 1 amide bonds. The third kappa shape index (κ3) is 2.73. The molecule has 1 aromatic heterocycles. The van der Waals surface area contributed by atoms with Gasteiger partial charge in [-0.2, -0.15) is 0 Å². The number of halogens is 1. The monoisotopic (exact) mass is 238 g/mol. The molecule has 1 heterocycles. The van der Waals surface area contributed by atoms with Crippen LogP contribution < -0.4 is 5.32 Å². The molecule has 0 aliphatic heterocycles. The Balaban J connectivity index is 1.96. The number of carbonyl (C=O) groups is 1. The molecule has 2 rings (SSSR count). The highest BCUT2D eigenvalue weighted by Crippen LogP contribution is 2.23. The summed E-state index contributed by atoms with van der Waals surface area (Å²) < 4.78 is 0. The molecule has 16 heavy (non-hydrogen) atoms. The lowest BCUT2D eigenvalue weighted by Gasteiger charge is -2.27. The fraction of sp³-hybridized carbons (Fsp3) is 0.500. The van der Waals surface area contributed by atoms with Crippen LogP contribution in [0, 0.1) is 0 Å². The van der Waals surface area contributed by atoms with E-state index in [2.05, 4.69) is 10.3 Å². The number of pyridine rings is 1. The molecule has 0 radical (unpaired) electrons. The zero-order chi connectivity index (χ0) is 11.4. The average Bonchev–Trinajstić information content (AvgIpc) is 2.33. The highest BCUT2D eigenvalue weighted by molar-refractivity contribution is 6.21. The van der Waals surface area contributed by atoms with Crippen LogP contribution in [0.1, 0.15) is 36.2 Å². The van der Waals surface area contributed by atoms with Gasteiger partial charge in [0.1, 0.15) is 5.69 Å². The van der Waals surface area contributed by atoms with Gasteiger partial charge in [0.25, 0.3) is 5.91 Å². The lowest BCUT2D eigenvalue weighted by Crippen LogP contribution is -2.43. The molecule has 1 N–H and O–H groups in total. The van der Waals surface area contributed by atoms with Gasteiger partial charge in [0.15, 0.2) is 0 Å². The first kappa shape index (κ1) is 11.4. The van der Waals surface area contributed by atoms with Crippen molar-refractivity contribution >= 4 is 17.5 Å². The standard InChI is InChI=1S/C12H15ClN2O/c13-9-5-1-2-6-10(9)15-12(16)11-7-3-4-8-14-11/h3-4,7-10H,1-2,5-6H2,(H,15,16). The van der Waals surface area contributed by atoms with Crippen LogP contribution in [0.4, 0.5) is 0 Å². The lowest BCUT2D eigenvalue weighted by molar-refractivity contribution is 0.0923. The van der Waals surface area contributed by atoms with E-state index in [0.29, 0.717) is 5.69 Å². The van der Waals surface area contributed by atoms with Crippen LogP contribution in [0.15, 0.2) is 24.4 Å². The minimum absolute atomic E-state index is 0.0569. The Hall–Kier alpha value is -1.09. The van der Waals surface area contributed by atoms with E-state index in [1.807, 2.05) is 0 Å². The van der Waals surface area contributed by atoms with Gasteiger partial charge >= 0.3 is 0 Å². The minimum atomic E-state index is -0.127. The molecule has 86 valence electrons. The van der Waals surface area contributed by atoms with Crippen molar-refractivity contribution in [3.05, 3.63) is 30.1 Å². The maximum atomic E-state index is 11.8. The molecule has 0 saturated heterocycles. The molecule has 1 fully saturated rings. The van der Waals surface area contributed by atoms with E-state index in [1.165, 1.54) is 0 Å². The number of nitrogens with one attached hydrogen (secondary N) is 1. The number of hydrogen-bond donors (Lipinski definition) is 1. The third-order valence-corrected chi connectivity index (χ3v) is 3.42. The van der Waals surface area contributed by atoms with Gasteiger partial charge in [-0.1, -0.05) is 18.9 Å². The van der Waals surface area contributed by atoms with Gasteiger partial charge in [-0.15, -0.1) is 11.6 Å². The SMILES string of the molecule is O=C(NC1CCCCC1Cl)c1ccccn1. The Kier molecular flexibility index (Phi) is 3.78. The zero-order valence-electron chi connectivity index (χ0n) is 9.03. The van der Waals surface area contributed by atoms with Gasteiger partial charge in [-0.05, 0) is 25.0 Å². The first-order chi connectivity index (χ1) is 7.77. The third-order valence-electron chi connectivity index (χ3n) is 2.90. The van der Waals surface area contributed by atoms with E-state index >= 15 is 0 Å². The van der Waals surface area contributed by atoms with E-state index in [1.54, 1.807) is 24.4 Å². The molecule has 1 aliphatic rings. The summed E-state index contributed by atoms with van der Waals surface area (Å²) in [5, 5.41) is 3.01. The molecular weight excluding hydrogens is 224 g/mol. The molecule has 2 unspecified atom stereocenters. The molecule has 0 aromatic carbocycles. The predicted molar refractivity (Wildman–Crippen MR) is 63.6 cm³/mol. The van der Waals surface area contributed by atoms with Crippen LogP contribution in [-0.2, 0) is 0 Å². The Morgan fingerprint density at radius 1 is 1.38 bits per heavy atom. The summed E-state index contributed by atoms with van der Waals surface area (Å²) >= 11 is 6.18. The van der Waals surface area contributed by atoms with Crippen LogP contribution in [0.2, 0.25) is 0 Å². The van der Waals surface area contributed by atoms with Gasteiger partial charge < -0.3 is 5.32 Å². The van der Waals surface area contributed by atoms with Gasteiger partial charge in [0, 0.05) is 12.2 Å². The summed E-state index contributed by atoms with van der Waals surface area (Å²) in [6.07, 6.45) is 5.86. The molecule has 0 bridgehead atoms. The summed E-state index contributed by atoms with van der Waals surface area (Å²) in [6, 6.07) is 5.40. The molecular formula is C12H15ClN2O. The van der Waals surface area contributed by atoms with E-state index < -0.39 is 0 Å². The van der Waals surface area contributed by atoms with Crippen LogP contribution in [-0.4, -0.2) is 22.3 Å². The second-order valence-electron chi connectivity index (χ2n) is 4.10. The number of carbonyl (C=O) groups excluding carboxylic acids is 1. The molecule has 4 heteroatoms. The minimum Gasteiger partial charge on any atom is -0.346 e. The Morgan fingerprint density at radius 3 is 2.88 bits per heavy atom. The number of amides is 1. The van der Waals surface area contributed by atoms with Crippen LogP contribution >= 0.6 is 11.6 Å². The maximum absolute atomic E-state index is 11.8. The number of hydrogen-bond acceptors (Lipinski definition) is 2. The highest BCUT2D eigenvalue weighted by atomic mass is 35.5. The van der Waals surface area contributed by atoms with E-state index in [4.69, 9.17) is 11.6 Å². The first-order valence-electron chi connectivity index (χ1n) is 5.63. The lowest BCUT2D eigenvalue weighted by atomic mass is 9.95. The summed E-state index contributed by atoms with van der Waals surface area (Å²) in [5.41, 5.74) is 0.456. The fourth-order valence-electron chi connectivity index (χ4n) is 1.99. The smallest absolute Gasteiger partial charge is 0.270 e. The van der Waals surface area contributed by atoms with Crippen LogP contribution in [0.25, 0.3) is 0 Å². The van der Waals surface area contributed by atoms with Crippen molar-refractivity contribution in [2.45, 2.75) is 37.1 Å². The van der Waals surface area contributed by atoms with E-state index in [-0.39, 0.29) is 17.3 Å². The normalized spacial score (nSPS) is 25.1. The van der Waals surface area contributed by atoms with Gasteiger partial charge in [0.05, 0.1) is 5.38 Å². The zero-order valence-corrected chi connectivity index (χ0v) is 9.78. The number of aromatic nitrogens is 1. The molecule has 0 spiro atoms. The summed E-state index contributed by atoms with van der Waals surface area (Å²) in [5.74, 6) is -0.127. The van der Waals surface area contributed by atoms with E-state index in [0.717, 1.165) is 25.7 Å². The summed E-state index contributed by atoms with van der Waals surface area (Å²) in [6.45, 7) is 0. The highest BCUT2D eigenvalue weighted by Gasteiger charge is 2.25. The van der Waals surface area contributed by atoms with Crippen LogP contribution in [0.3, 0.4) is 0 Å². The molecule has 1 aliphatic carbocycles. The van der Waals surface area contributed by atoms with Crippen molar-refractivity contribution in [1.29, 1.82) is 0 Å². The Labute approximate surface area is 100 Å². The molecule has 2 atom stereocenters. The second kappa shape index (κ2) is 5.30. The van der Waals surface area contributed by atoms with E-state index in [9.17, 15) is 4.79 Å². The van der Waals surface area contributed by atoms with Crippen molar-refractivity contribution in [2.75, 3.05) is 0 Å². The van der Waals surface area contributed by atoms with Crippen LogP contribution in [0.5, 0.6) is 0 Å². The largest absolute Gasteiger partial charge is 0.346 e. The quantitative estimate of drug-likeness (QED) is 0.804. The maximum Gasteiger partial charge on any atom is 0.270 e. The van der Waals surface area contributed by atoms with Gasteiger partial charge in [0.2, 0.25) is 0 Å². The van der Waals surface area contributed by atoms with Crippen molar-refractivity contribution in [1.82, 2.24) is 10.3 Å². The van der Waals surface area contributed by atoms with Gasteiger partial charge in [-0.3, -0.25) is 9.78 Å². The molecule has 1 aromatic rings.